The zero-order valence-electron chi connectivity index (χ0n) is 8.20. The van der Waals surface area contributed by atoms with Gasteiger partial charge in [0.25, 0.3) is 0 Å². The topological polar surface area (TPSA) is 40.9 Å². The van der Waals surface area contributed by atoms with Crippen LogP contribution in [-0.4, -0.2) is 8.96 Å². The quantitative estimate of drug-likeness (QED) is 0.848. The molecule has 3 aliphatic rings. The second-order valence-corrected chi connectivity index (χ2v) is 7.56. The van der Waals surface area contributed by atoms with Crippen LogP contribution in [0.3, 0.4) is 0 Å². The largest absolute Gasteiger partial charge is 0.248 e. The summed E-state index contributed by atoms with van der Waals surface area (Å²) in [7, 11) is -2.64. The molecule has 15 heavy (non-hydrogen) atoms. The van der Waals surface area contributed by atoms with Gasteiger partial charge in [0.1, 0.15) is 0 Å². The molecular weight excluding hydrogens is 230 g/mol. The van der Waals surface area contributed by atoms with Crippen LogP contribution < -0.4 is 0 Å². The van der Waals surface area contributed by atoms with Gasteiger partial charge >= 0.3 is 0 Å². The Balaban J connectivity index is 2.06. The van der Waals surface area contributed by atoms with E-state index in [4.69, 9.17) is 16.4 Å². The minimum absolute atomic E-state index is 0.206. The molecule has 1 N–H and O–H groups in total. The lowest BCUT2D eigenvalue weighted by atomic mass is 9.55. The maximum absolute atomic E-state index is 12.5. The number of hydrogen-bond acceptors (Lipinski definition) is 2. The second-order valence-electron chi connectivity index (χ2n) is 4.67. The van der Waals surface area contributed by atoms with Crippen LogP contribution in [-0.2, 0) is 9.73 Å². The zero-order chi connectivity index (χ0) is 10.7. The molecule has 3 fully saturated rings. The van der Waals surface area contributed by atoms with Gasteiger partial charge in [0.2, 0.25) is 0 Å². The van der Waals surface area contributed by atoms with Crippen molar-refractivity contribution in [2.75, 3.05) is 0 Å². The van der Waals surface area contributed by atoms with Crippen molar-refractivity contribution in [3.63, 3.8) is 0 Å². The van der Waals surface area contributed by atoms with Crippen LogP contribution in [0, 0.1) is 10.7 Å². The normalized spacial score (nSPS) is 36.2. The first kappa shape index (κ1) is 9.67. The number of benzene rings is 1. The van der Waals surface area contributed by atoms with Gasteiger partial charge < -0.3 is 0 Å². The molecule has 1 aromatic carbocycles. The van der Waals surface area contributed by atoms with Crippen molar-refractivity contribution < 1.29 is 4.21 Å². The summed E-state index contributed by atoms with van der Waals surface area (Å²) in [6.07, 6.45) is 2.92. The Hall–Kier alpha value is -0.540. The summed E-state index contributed by atoms with van der Waals surface area (Å²) < 4.78 is 20.4. The van der Waals surface area contributed by atoms with Gasteiger partial charge in [-0.1, -0.05) is 17.7 Å². The van der Waals surface area contributed by atoms with Crippen LogP contribution in [0.1, 0.15) is 19.3 Å². The lowest BCUT2D eigenvalue weighted by Crippen LogP contribution is -2.62. The number of hydrogen-bond donors (Lipinski definition) is 1. The van der Waals surface area contributed by atoms with Crippen molar-refractivity contribution in [2.24, 2.45) is 5.92 Å². The Kier molecular flexibility index (Phi) is 1.79. The zero-order valence-corrected chi connectivity index (χ0v) is 9.77. The SMILES string of the molecule is N=S(=O)(c1cccc(Cl)c1)C12CC(C1)C2. The summed E-state index contributed by atoms with van der Waals surface area (Å²) in [4.78, 5) is 0.605. The summed E-state index contributed by atoms with van der Waals surface area (Å²) in [6, 6.07) is 6.97. The highest BCUT2D eigenvalue weighted by Gasteiger charge is 2.62. The third-order valence-corrected chi connectivity index (χ3v) is 6.59. The average Bonchev–Trinajstić information content (AvgIpc) is 1.97. The van der Waals surface area contributed by atoms with Crippen LogP contribution in [0.4, 0.5) is 0 Å². The van der Waals surface area contributed by atoms with Crippen LogP contribution in [0.15, 0.2) is 29.2 Å². The van der Waals surface area contributed by atoms with Gasteiger partial charge in [0.05, 0.1) is 14.5 Å². The Morgan fingerprint density at radius 2 is 2.07 bits per heavy atom. The molecular formula is C11H12ClNOS. The highest BCUT2D eigenvalue weighted by Crippen LogP contribution is 2.63. The molecule has 1 atom stereocenters. The van der Waals surface area contributed by atoms with Crippen LogP contribution in [0.25, 0.3) is 0 Å². The van der Waals surface area contributed by atoms with Crippen molar-refractivity contribution in [3.05, 3.63) is 29.3 Å². The van der Waals surface area contributed by atoms with Crippen LogP contribution in [0.2, 0.25) is 5.02 Å². The molecule has 1 aromatic rings. The molecule has 0 radical (unpaired) electrons. The van der Waals surface area contributed by atoms with E-state index in [0.29, 0.717) is 9.92 Å². The summed E-state index contributed by atoms with van der Waals surface area (Å²) >= 11 is 5.87. The molecule has 3 aliphatic carbocycles. The fraction of sp³-hybridized carbons (Fsp3) is 0.455. The molecule has 2 nitrogen and oxygen atoms in total. The molecule has 4 rings (SSSR count). The smallest absolute Gasteiger partial charge is 0.0785 e. The fourth-order valence-electron chi connectivity index (χ4n) is 2.65. The van der Waals surface area contributed by atoms with Gasteiger partial charge in [-0.2, -0.15) is 0 Å². The first-order valence-corrected chi connectivity index (χ1v) is 7.01. The summed E-state index contributed by atoms with van der Waals surface area (Å²) in [5.41, 5.74) is 0. The van der Waals surface area contributed by atoms with Gasteiger partial charge in [-0.05, 0) is 43.4 Å². The minimum Gasteiger partial charge on any atom is -0.248 e. The van der Waals surface area contributed by atoms with E-state index in [1.165, 1.54) is 0 Å². The van der Waals surface area contributed by atoms with E-state index in [2.05, 4.69) is 0 Å². The fourth-order valence-corrected chi connectivity index (χ4v) is 5.38. The van der Waals surface area contributed by atoms with E-state index in [0.717, 1.165) is 25.2 Å². The van der Waals surface area contributed by atoms with E-state index < -0.39 is 9.73 Å². The van der Waals surface area contributed by atoms with Gasteiger partial charge in [-0.3, -0.25) is 0 Å². The number of rotatable bonds is 2. The Bertz CT molecular complexity index is 506. The molecule has 3 saturated carbocycles. The molecule has 80 valence electrons. The molecule has 1 unspecified atom stereocenters. The van der Waals surface area contributed by atoms with E-state index in [9.17, 15) is 4.21 Å². The molecule has 0 heterocycles. The van der Waals surface area contributed by atoms with Gasteiger partial charge in [-0.25, -0.2) is 8.99 Å². The first-order chi connectivity index (χ1) is 7.03. The minimum atomic E-state index is -2.64. The maximum atomic E-state index is 12.5. The third-order valence-electron chi connectivity index (χ3n) is 3.72. The van der Waals surface area contributed by atoms with Gasteiger partial charge in [-0.15, -0.1) is 0 Å². The van der Waals surface area contributed by atoms with Crippen LogP contribution >= 0.6 is 11.6 Å². The standard InChI is InChI=1S/C11H12ClNOS/c12-9-2-1-3-10(4-9)15(13,14)11-5-8(6-11)7-11/h1-4,8,13H,5-7H2. The molecule has 2 bridgehead atoms. The van der Waals surface area contributed by atoms with E-state index in [-0.39, 0.29) is 4.75 Å². The lowest BCUT2D eigenvalue weighted by molar-refractivity contribution is 0.0512. The first-order valence-electron chi connectivity index (χ1n) is 5.07. The van der Waals surface area contributed by atoms with Crippen molar-refractivity contribution >= 4 is 21.3 Å². The number of nitrogens with one attached hydrogen (secondary N) is 1. The highest BCUT2D eigenvalue weighted by atomic mass is 35.5. The van der Waals surface area contributed by atoms with Gasteiger partial charge in [0.15, 0.2) is 0 Å². The van der Waals surface area contributed by atoms with Crippen LogP contribution in [0.5, 0.6) is 0 Å². The molecule has 0 spiro atoms. The summed E-state index contributed by atoms with van der Waals surface area (Å²) in [5, 5.41) is 0.569. The lowest BCUT2D eigenvalue weighted by Gasteiger charge is -2.61. The summed E-state index contributed by atoms with van der Waals surface area (Å²) in [6.45, 7) is 0. The summed E-state index contributed by atoms with van der Waals surface area (Å²) in [5.74, 6) is 0.746. The molecule has 0 aliphatic heterocycles. The molecule has 0 saturated heterocycles. The average molecular weight is 242 g/mol. The van der Waals surface area contributed by atoms with Crippen molar-refractivity contribution in [3.8, 4) is 0 Å². The Morgan fingerprint density at radius 3 is 2.53 bits per heavy atom. The molecule has 0 aromatic heterocycles. The second kappa shape index (κ2) is 2.77. The Labute approximate surface area is 94.6 Å². The predicted molar refractivity (Wildman–Crippen MR) is 60.7 cm³/mol. The molecule has 0 amide bonds. The monoisotopic (exact) mass is 241 g/mol. The third kappa shape index (κ3) is 1.14. The van der Waals surface area contributed by atoms with Crippen molar-refractivity contribution in [2.45, 2.75) is 28.9 Å². The predicted octanol–water partition coefficient (Wildman–Crippen LogP) is 3.30. The van der Waals surface area contributed by atoms with E-state index in [1.807, 2.05) is 0 Å². The highest BCUT2D eigenvalue weighted by molar-refractivity contribution is 7.94. The van der Waals surface area contributed by atoms with Gasteiger partial charge in [0, 0.05) is 9.92 Å². The van der Waals surface area contributed by atoms with E-state index in [1.54, 1.807) is 24.3 Å². The van der Waals surface area contributed by atoms with Crippen molar-refractivity contribution in [1.29, 1.82) is 4.78 Å². The number of halogens is 1. The Morgan fingerprint density at radius 1 is 1.40 bits per heavy atom. The maximum Gasteiger partial charge on any atom is 0.0785 e. The van der Waals surface area contributed by atoms with Crippen molar-refractivity contribution in [1.82, 2.24) is 0 Å². The van der Waals surface area contributed by atoms with E-state index >= 15 is 0 Å². The molecule has 4 heteroatoms.